The van der Waals surface area contributed by atoms with Crippen molar-refractivity contribution in [3.63, 3.8) is 0 Å². The number of carbonyl (C=O) groups excluding carboxylic acids is 1. The minimum Gasteiger partial charge on any atom is -0.288 e. The summed E-state index contributed by atoms with van der Waals surface area (Å²) in [6.07, 6.45) is 1.43. The fraction of sp³-hybridized carbons (Fsp3) is 0.500. The van der Waals surface area contributed by atoms with Gasteiger partial charge in [0.15, 0.2) is 5.13 Å². The van der Waals surface area contributed by atoms with Crippen molar-refractivity contribution in [2.45, 2.75) is 6.42 Å². The Morgan fingerprint density at radius 2 is 2.35 bits per heavy atom. The third kappa shape index (κ3) is 3.14. The fourth-order valence-corrected chi connectivity index (χ4v) is 3.44. The Labute approximate surface area is 106 Å². The molecule has 1 amide bonds. The van der Waals surface area contributed by atoms with Gasteiger partial charge in [-0.15, -0.1) is 3.89 Å². The number of anilines is 1. The van der Waals surface area contributed by atoms with Gasteiger partial charge in [-0.25, -0.2) is 4.98 Å². The van der Waals surface area contributed by atoms with Gasteiger partial charge in [-0.2, -0.15) is 8.42 Å². The van der Waals surface area contributed by atoms with Gasteiger partial charge in [0.05, 0.1) is 11.9 Å². The highest BCUT2D eigenvalue weighted by atomic mass is 35.5. The third-order valence-corrected chi connectivity index (χ3v) is 4.34. The number of hydrogen-bond donors (Lipinski definition) is 0. The monoisotopic (exact) mass is 298 g/mol. The van der Waals surface area contributed by atoms with Crippen molar-refractivity contribution in [1.29, 1.82) is 0 Å². The Morgan fingerprint density at radius 1 is 1.65 bits per heavy atom. The number of halogens is 2. The van der Waals surface area contributed by atoms with Gasteiger partial charge in [0.1, 0.15) is 4.34 Å². The first-order chi connectivity index (χ1) is 7.85. The Morgan fingerprint density at radius 3 is 2.88 bits per heavy atom. The summed E-state index contributed by atoms with van der Waals surface area (Å²) in [6.45, 7) is 0.159. The van der Waals surface area contributed by atoms with Crippen molar-refractivity contribution < 1.29 is 17.1 Å². The molecule has 1 fully saturated rings. The van der Waals surface area contributed by atoms with Gasteiger partial charge in [0, 0.05) is 18.9 Å². The van der Waals surface area contributed by atoms with Crippen LogP contribution in [0.4, 0.5) is 9.02 Å². The van der Waals surface area contributed by atoms with E-state index in [1.54, 1.807) is 0 Å². The molecule has 0 saturated carbocycles. The molecule has 0 spiro atoms. The smallest absolute Gasteiger partial charge is 0.288 e. The van der Waals surface area contributed by atoms with Crippen molar-refractivity contribution in [2.75, 3.05) is 17.2 Å². The average Bonchev–Trinajstić information content (AvgIpc) is 2.70. The zero-order valence-electron chi connectivity index (χ0n) is 8.47. The standard InChI is InChI=1S/C8H8ClFN2O3S2/c9-6-2-11-8(16-6)12-3-5(1-7(12)13)4-17(10,14)15/h2,5H,1,3-4H2. The fourth-order valence-electron chi connectivity index (χ4n) is 1.73. The zero-order valence-corrected chi connectivity index (χ0v) is 10.9. The maximum Gasteiger partial charge on any atom is 0.302 e. The van der Waals surface area contributed by atoms with E-state index >= 15 is 0 Å². The normalized spacial score (nSPS) is 21.2. The summed E-state index contributed by atoms with van der Waals surface area (Å²) in [5.74, 6) is -1.42. The van der Waals surface area contributed by atoms with Crippen LogP contribution in [0.3, 0.4) is 0 Å². The average molecular weight is 299 g/mol. The lowest BCUT2D eigenvalue weighted by Crippen LogP contribution is -2.25. The van der Waals surface area contributed by atoms with E-state index in [1.807, 2.05) is 0 Å². The van der Waals surface area contributed by atoms with Gasteiger partial charge in [-0.05, 0) is 0 Å². The summed E-state index contributed by atoms with van der Waals surface area (Å²) in [5, 5.41) is 0.416. The molecule has 0 bridgehead atoms. The van der Waals surface area contributed by atoms with Crippen LogP contribution in [-0.4, -0.2) is 31.6 Å². The Hall–Kier alpha value is -0.730. The molecule has 17 heavy (non-hydrogen) atoms. The topological polar surface area (TPSA) is 67.3 Å². The van der Waals surface area contributed by atoms with Crippen LogP contribution in [-0.2, 0) is 15.0 Å². The van der Waals surface area contributed by atoms with Crippen LogP contribution in [0, 0.1) is 5.92 Å². The SMILES string of the molecule is O=C1CC(CS(=O)(=O)F)CN1c1ncc(Cl)s1. The van der Waals surface area contributed by atoms with Crippen LogP contribution in [0.25, 0.3) is 0 Å². The Kier molecular flexibility index (Phi) is 3.37. The van der Waals surface area contributed by atoms with E-state index in [4.69, 9.17) is 11.6 Å². The van der Waals surface area contributed by atoms with Gasteiger partial charge in [-0.1, -0.05) is 22.9 Å². The summed E-state index contributed by atoms with van der Waals surface area (Å²) in [5.41, 5.74) is 0. The van der Waals surface area contributed by atoms with Gasteiger partial charge >= 0.3 is 10.2 Å². The molecule has 5 nitrogen and oxygen atoms in total. The van der Waals surface area contributed by atoms with Crippen LogP contribution in [0.15, 0.2) is 6.20 Å². The number of amides is 1. The van der Waals surface area contributed by atoms with Crippen LogP contribution >= 0.6 is 22.9 Å². The first kappa shape index (κ1) is 12.7. The van der Waals surface area contributed by atoms with Crippen LogP contribution < -0.4 is 4.90 Å². The second-order valence-electron chi connectivity index (χ2n) is 3.73. The molecule has 0 aliphatic carbocycles. The first-order valence-electron chi connectivity index (χ1n) is 4.69. The molecule has 0 N–H and O–H groups in total. The highest BCUT2D eigenvalue weighted by Crippen LogP contribution is 2.31. The molecule has 94 valence electrons. The Bertz CT molecular complexity index is 545. The zero-order chi connectivity index (χ0) is 12.6. The summed E-state index contributed by atoms with van der Waals surface area (Å²) in [6, 6.07) is 0. The maximum atomic E-state index is 12.5. The predicted molar refractivity (Wildman–Crippen MR) is 62.5 cm³/mol. The van der Waals surface area contributed by atoms with E-state index in [0.29, 0.717) is 9.47 Å². The van der Waals surface area contributed by atoms with Crippen molar-refractivity contribution in [1.82, 2.24) is 4.98 Å². The minimum atomic E-state index is -4.55. The van der Waals surface area contributed by atoms with E-state index in [-0.39, 0.29) is 18.9 Å². The van der Waals surface area contributed by atoms with Crippen molar-refractivity contribution >= 4 is 44.2 Å². The summed E-state index contributed by atoms with van der Waals surface area (Å²) >= 11 is 6.82. The summed E-state index contributed by atoms with van der Waals surface area (Å²) < 4.78 is 34.0. The molecule has 1 saturated heterocycles. The van der Waals surface area contributed by atoms with Crippen LogP contribution in [0.1, 0.15) is 6.42 Å². The second-order valence-corrected chi connectivity index (χ2v) is 6.78. The van der Waals surface area contributed by atoms with E-state index < -0.39 is 21.9 Å². The molecule has 2 rings (SSSR count). The molecule has 1 atom stereocenters. The predicted octanol–water partition coefficient (Wildman–Crippen LogP) is 1.45. The summed E-state index contributed by atoms with van der Waals surface area (Å²) in [7, 11) is -4.55. The molecular formula is C8H8ClFN2O3S2. The molecule has 1 aromatic heterocycles. The van der Waals surface area contributed by atoms with Crippen molar-refractivity contribution in [3.05, 3.63) is 10.5 Å². The molecule has 1 aromatic rings. The van der Waals surface area contributed by atoms with E-state index in [2.05, 4.69) is 4.98 Å². The minimum absolute atomic E-state index is 0.0142. The number of hydrogen-bond acceptors (Lipinski definition) is 5. The molecule has 1 unspecified atom stereocenters. The molecule has 1 aliphatic heterocycles. The quantitative estimate of drug-likeness (QED) is 0.792. The number of thiazole rings is 1. The molecule has 9 heteroatoms. The summed E-state index contributed by atoms with van der Waals surface area (Å²) in [4.78, 5) is 16.9. The van der Waals surface area contributed by atoms with Crippen molar-refractivity contribution in [3.8, 4) is 0 Å². The largest absolute Gasteiger partial charge is 0.302 e. The number of nitrogens with zero attached hydrogens (tertiary/aromatic N) is 2. The van der Waals surface area contributed by atoms with Crippen molar-refractivity contribution in [2.24, 2.45) is 5.92 Å². The molecule has 1 aliphatic rings. The number of aromatic nitrogens is 1. The molecule has 0 aromatic carbocycles. The van der Waals surface area contributed by atoms with Crippen LogP contribution in [0.5, 0.6) is 0 Å². The second kappa shape index (κ2) is 4.51. The maximum absolute atomic E-state index is 12.5. The van der Waals surface area contributed by atoms with Gasteiger partial charge < -0.3 is 0 Å². The van der Waals surface area contributed by atoms with Gasteiger partial charge in [0.25, 0.3) is 0 Å². The van der Waals surface area contributed by atoms with E-state index in [1.165, 1.54) is 11.1 Å². The lowest BCUT2D eigenvalue weighted by Gasteiger charge is -2.11. The molecule has 0 radical (unpaired) electrons. The lowest BCUT2D eigenvalue weighted by atomic mass is 10.1. The Balaban J connectivity index is 2.10. The highest BCUT2D eigenvalue weighted by Gasteiger charge is 2.34. The lowest BCUT2D eigenvalue weighted by molar-refractivity contribution is -0.117. The van der Waals surface area contributed by atoms with Gasteiger partial charge in [0.2, 0.25) is 5.91 Å². The molecular weight excluding hydrogens is 291 g/mol. The third-order valence-electron chi connectivity index (χ3n) is 2.34. The molecule has 2 heterocycles. The van der Waals surface area contributed by atoms with Crippen LogP contribution in [0.2, 0.25) is 4.34 Å². The van der Waals surface area contributed by atoms with Gasteiger partial charge in [-0.3, -0.25) is 9.69 Å². The first-order valence-corrected chi connectivity index (χ1v) is 7.44. The number of rotatable bonds is 3. The highest BCUT2D eigenvalue weighted by molar-refractivity contribution is 7.86. The van der Waals surface area contributed by atoms with E-state index in [0.717, 1.165) is 11.3 Å². The van der Waals surface area contributed by atoms with E-state index in [9.17, 15) is 17.1 Å². The number of carbonyl (C=O) groups is 1.